The van der Waals surface area contributed by atoms with Crippen LogP contribution in [0.1, 0.15) is 24.0 Å². The number of halogens is 1. The first-order valence-corrected chi connectivity index (χ1v) is 6.48. The SMILES string of the molecule is CN(Cc1ccc(F)cc1C(=N)N)C1CCOCC1. The zero-order chi connectivity index (χ0) is 13.8. The molecule has 19 heavy (non-hydrogen) atoms. The van der Waals surface area contributed by atoms with E-state index < -0.39 is 0 Å². The smallest absolute Gasteiger partial charge is 0.123 e. The molecule has 0 atom stereocenters. The van der Waals surface area contributed by atoms with Gasteiger partial charge < -0.3 is 10.5 Å². The molecule has 0 aromatic heterocycles. The van der Waals surface area contributed by atoms with Crippen molar-refractivity contribution in [1.29, 1.82) is 5.41 Å². The van der Waals surface area contributed by atoms with E-state index in [4.69, 9.17) is 15.9 Å². The zero-order valence-corrected chi connectivity index (χ0v) is 11.2. The van der Waals surface area contributed by atoms with Crippen molar-refractivity contribution in [3.63, 3.8) is 0 Å². The minimum Gasteiger partial charge on any atom is -0.384 e. The molecule has 0 bridgehead atoms. The van der Waals surface area contributed by atoms with Crippen molar-refractivity contribution in [2.24, 2.45) is 5.73 Å². The summed E-state index contributed by atoms with van der Waals surface area (Å²) in [4.78, 5) is 2.22. The van der Waals surface area contributed by atoms with E-state index in [9.17, 15) is 4.39 Å². The van der Waals surface area contributed by atoms with Crippen molar-refractivity contribution in [2.75, 3.05) is 20.3 Å². The van der Waals surface area contributed by atoms with E-state index >= 15 is 0 Å². The van der Waals surface area contributed by atoms with Crippen LogP contribution in [0.25, 0.3) is 0 Å². The summed E-state index contributed by atoms with van der Waals surface area (Å²) in [5, 5.41) is 7.53. The van der Waals surface area contributed by atoms with Crippen molar-refractivity contribution in [1.82, 2.24) is 4.90 Å². The molecule has 0 spiro atoms. The summed E-state index contributed by atoms with van der Waals surface area (Å²) in [6.45, 7) is 2.25. The van der Waals surface area contributed by atoms with Gasteiger partial charge in [-0.1, -0.05) is 6.07 Å². The first-order chi connectivity index (χ1) is 9.08. The Bertz CT molecular complexity index is 458. The van der Waals surface area contributed by atoms with E-state index in [1.54, 1.807) is 6.07 Å². The third-order valence-electron chi connectivity index (χ3n) is 3.60. The van der Waals surface area contributed by atoms with Crippen LogP contribution < -0.4 is 5.73 Å². The Morgan fingerprint density at radius 2 is 2.16 bits per heavy atom. The summed E-state index contributed by atoms with van der Waals surface area (Å²) in [5.41, 5.74) is 6.89. The van der Waals surface area contributed by atoms with Gasteiger partial charge in [0.25, 0.3) is 0 Å². The Hall–Kier alpha value is -1.46. The molecule has 1 aromatic rings. The first kappa shape index (κ1) is 14.0. The molecule has 0 radical (unpaired) electrons. The van der Waals surface area contributed by atoms with Crippen LogP contribution in [-0.2, 0) is 11.3 Å². The van der Waals surface area contributed by atoms with Gasteiger partial charge >= 0.3 is 0 Å². The van der Waals surface area contributed by atoms with Crippen molar-refractivity contribution < 1.29 is 9.13 Å². The largest absolute Gasteiger partial charge is 0.384 e. The van der Waals surface area contributed by atoms with Crippen LogP contribution in [-0.4, -0.2) is 37.0 Å². The molecule has 0 amide bonds. The van der Waals surface area contributed by atoms with Crippen molar-refractivity contribution in [3.05, 3.63) is 35.1 Å². The maximum Gasteiger partial charge on any atom is 0.123 e. The number of nitrogens with one attached hydrogen (secondary N) is 1. The lowest BCUT2D eigenvalue weighted by molar-refractivity contribution is 0.0407. The average molecular weight is 265 g/mol. The Balaban J connectivity index is 2.11. The van der Waals surface area contributed by atoms with Crippen LogP contribution in [0.3, 0.4) is 0 Å². The molecule has 2 rings (SSSR count). The molecule has 4 nitrogen and oxygen atoms in total. The second kappa shape index (κ2) is 6.12. The quantitative estimate of drug-likeness (QED) is 0.643. The lowest BCUT2D eigenvalue weighted by atomic mass is 10.0. The number of hydrogen-bond donors (Lipinski definition) is 2. The molecular weight excluding hydrogens is 245 g/mol. The number of hydrogen-bond acceptors (Lipinski definition) is 3. The van der Waals surface area contributed by atoms with Gasteiger partial charge in [-0.05, 0) is 37.6 Å². The molecule has 1 saturated heterocycles. The maximum atomic E-state index is 13.2. The van der Waals surface area contributed by atoms with Gasteiger partial charge in [-0.15, -0.1) is 0 Å². The van der Waals surface area contributed by atoms with Crippen LogP contribution in [0.2, 0.25) is 0 Å². The number of nitrogen functional groups attached to an aromatic ring is 1. The van der Waals surface area contributed by atoms with Crippen LogP contribution in [0.15, 0.2) is 18.2 Å². The Labute approximate surface area is 112 Å². The molecule has 1 aliphatic rings. The fraction of sp³-hybridized carbons (Fsp3) is 0.500. The van der Waals surface area contributed by atoms with Gasteiger partial charge in [0, 0.05) is 31.4 Å². The second-order valence-corrected chi connectivity index (χ2v) is 4.97. The van der Waals surface area contributed by atoms with Gasteiger partial charge in [0.1, 0.15) is 11.7 Å². The fourth-order valence-corrected chi connectivity index (χ4v) is 2.46. The molecular formula is C14H20FN3O. The maximum absolute atomic E-state index is 13.2. The van der Waals surface area contributed by atoms with E-state index in [0.29, 0.717) is 18.2 Å². The van der Waals surface area contributed by atoms with E-state index in [1.165, 1.54) is 12.1 Å². The van der Waals surface area contributed by atoms with Gasteiger partial charge in [-0.25, -0.2) is 4.39 Å². The standard InChI is InChI=1S/C14H20FN3O/c1-18(12-4-6-19-7-5-12)9-10-2-3-11(15)8-13(10)14(16)17/h2-3,8,12H,4-7,9H2,1H3,(H3,16,17). The highest BCUT2D eigenvalue weighted by Gasteiger charge is 2.19. The lowest BCUT2D eigenvalue weighted by Crippen LogP contribution is -2.36. The number of ether oxygens (including phenoxy) is 1. The summed E-state index contributed by atoms with van der Waals surface area (Å²) in [6, 6.07) is 4.93. The minimum absolute atomic E-state index is 0.0881. The monoisotopic (exact) mass is 265 g/mol. The summed E-state index contributed by atoms with van der Waals surface area (Å²) < 4.78 is 18.6. The highest BCUT2D eigenvalue weighted by molar-refractivity contribution is 5.96. The van der Waals surface area contributed by atoms with E-state index in [0.717, 1.165) is 31.6 Å². The van der Waals surface area contributed by atoms with Crippen LogP contribution in [0, 0.1) is 11.2 Å². The second-order valence-electron chi connectivity index (χ2n) is 4.97. The summed E-state index contributed by atoms with van der Waals surface area (Å²) in [7, 11) is 2.04. The molecule has 0 unspecified atom stereocenters. The van der Waals surface area contributed by atoms with Gasteiger partial charge in [-0.3, -0.25) is 10.3 Å². The van der Waals surface area contributed by atoms with Gasteiger partial charge in [-0.2, -0.15) is 0 Å². The lowest BCUT2D eigenvalue weighted by Gasteiger charge is -2.31. The summed E-state index contributed by atoms with van der Waals surface area (Å²) >= 11 is 0. The molecule has 104 valence electrons. The number of nitrogens with two attached hydrogens (primary N) is 1. The predicted molar refractivity (Wildman–Crippen MR) is 72.7 cm³/mol. The highest BCUT2D eigenvalue weighted by Crippen LogP contribution is 2.18. The molecule has 5 heteroatoms. The molecule has 1 aromatic carbocycles. The molecule has 1 fully saturated rings. The van der Waals surface area contributed by atoms with Crippen LogP contribution in [0.5, 0.6) is 0 Å². The van der Waals surface area contributed by atoms with Crippen LogP contribution >= 0.6 is 0 Å². The average Bonchev–Trinajstić information content (AvgIpc) is 2.41. The van der Waals surface area contributed by atoms with Gasteiger partial charge in [0.15, 0.2) is 0 Å². The molecule has 1 heterocycles. The number of rotatable bonds is 4. The van der Waals surface area contributed by atoms with Crippen molar-refractivity contribution in [3.8, 4) is 0 Å². The zero-order valence-electron chi connectivity index (χ0n) is 11.2. The summed E-state index contributed by atoms with van der Waals surface area (Å²) in [5.74, 6) is -0.447. The highest BCUT2D eigenvalue weighted by atomic mass is 19.1. The summed E-state index contributed by atoms with van der Waals surface area (Å²) in [6.07, 6.45) is 2.01. The van der Waals surface area contributed by atoms with Gasteiger partial charge in [0.2, 0.25) is 0 Å². The molecule has 0 saturated carbocycles. The van der Waals surface area contributed by atoms with Crippen molar-refractivity contribution in [2.45, 2.75) is 25.4 Å². The molecule has 0 aliphatic carbocycles. The molecule has 1 aliphatic heterocycles. The van der Waals surface area contributed by atoms with E-state index in [2.05, 4.69) is 4.90 Å². The van der Waals surface area contributed by atoms with E-state index in [1.807, 2.05) is 7.05 Å². The Morgan fingerprint density at radius 3 is 2.79 bits per heavy atom. The number of benzene rings is 1. The van der Waals surface area contributed by atoms with Crippen molar-refractivity contribution >= 4 is 5.84 Å². The fourth-order valence-electron chi connectivity index (χ4n) is 2.46. The van der Waals surface area contributed by atoms with Crippen LogP contribution in [0.4, 0.5) is 4.39 Å². The topological polar surface area (TPSA) is 62.3 Å². The number of amidine groups is 1. The third-order valence-corrected chi connectivity index (χ3v) is 3.60. The third kappa shape index (κ3) is 3.52. The number of nitrogens with zero attached hydrogens (tertiary/aromatic N) is 1. The Kier molecular flexibility index (Phi) is 4.50. The minimum atomic E-state index is -0.359. The Morgan fingerprint density at radius 1 is 1.47 bits per heavy atom. The van der Waals surface area contributed by atoms with Gasteiger partial charge in [0.05, 0.1) is 0 Å². The first-order valence-electron chi connectivity index (χ1n) is 6.48. The predicted octanol–water partition coefficient (Wildman–Crippen LogP) is 1.72. The molecule has 3 N–H and O–H groups in total. The normalized spacial score (nSPS) is 16.8. The van der Waals surface area contributed by atoms with E-state index in [-0.39, 0.29) is 11.7 Å².